The van der Waals surface area contributed by atoms with E-state index in [1.165, 1.54) is 9.80 Å². The predicted molar refractivity (Wildman–Crippen MR) is 208 cm³/mol. The molecule has 59 heavy (non-hydrogen) atoms. The molecule has 2 aliphatic heterocycles. The quantitative estimate of drug-likeness (QED) is 0.0425. The zero-order valence-electron chi connectivity index (χ0n) is 31.7. The molecule has 0 radical (unpaired) electrons. The van der Waals surface area contributed by atoms with Crippen molar-refractivity contribution in [3.8, 4) is 0 Å². The zero-order chi connectivity index (χ0) is 44.4. The summed E-state index contributed by atoms with van der Waals surface area (Å²) in [6, 6.07) is -7.35. The summed E-state index contributed by atoms with van der Waals surface area (Å²) >= 11 is 8.09. The van der Waals surface area contributed by atoms with Gasteiger partial charge in [0, 0.05) is 24.6 Å². The van der Waals surface area contributed by atoms with Gasteiger partial charge in [0.15, 0.2) is 0 Å². The van der Waals surface area contributed by atoms with Crippen molar-refractivity contribution in [2.24, 2.45) is 17.2 Å². The van der Waals surface area contributed by atoms with E-state index in [1.54, 1.807) is 0 Å². The van der Waals surface area contributed by atoms with Crippen LogP contribution in [-0.4, -0.2) is 173 Å². The maximum absolute atomic E-state index is 13.0. The molecule has 2 saturated heterocycles. The lowest BCUT2D eigenvalue weighted by Gasteiger charge is -2.25. The van der Waals surface area contributed by atoms with Gasteiger partial charge in [0.2, 0.25) is 65.0 Å². The molecule has 14 N–H and O–H groups in total. The Bertz CT molecular complexity index is 1650. The van der Waals surface area contributed by atoms with Crippen LogP contribution >= 0.6 is 25.3 Å². The van der Waals surface area contributed by atoms with Crippen molar-refractivity contribution in [1.82, 2.24) is 47.0 Å². The molecule has 27 heteroatoms. The number of likely N-dealkylation sites (tertiary alicyclic amines) is 2. The number of rotatable bonds is 23. The lowest BCUT2D eigenvalue weighted by Crippen LogP contribution is -2.55. The summed E-state index contributed by atoms with van der Waals surface area (Å²) in [6.07, 6.45) is 0.208. The molecule has 0 spiro atoms. The largest absolute Gasteiger partial charge is 0.480 e. The standard InChI is InChI=1S/C32H50N12O13S2/c33-15(7-21(34)45)27(51)42-18(14-59)29(53)39-12-26(50)44-6-2-4-20(44)31(55)37-10-24(48)41-17(13-58)28(52)38-11-25(49)43-5-1-3-19(43)30(54)36-9-23(47)40-16(32(56)57)8-22(35)46/h15-20,58-59H,1-14,33H2,(H2,34,45)(H2,35,46)(H,36,54)(H,37,55)(H,38,52)(H,39,53)(H,40,47)(H,41,48)(H,42,51)(H,56,57)/t15-,16-,17-,18-,19-,20-/m0/s1. The van der Waals surface area contributed by atoms with Crippen molar-refractivity contribution in [3.63, 3.8) is 0 Å². The molecule has 2 fully saturated rings. The number of nitrogens with zero attached hydrogens (tertiary/aromatic N) is 2. The molecule has 0 saturated carbocycles. The number of carboxylic acid groups (broad SMARTS) is 1. The molecule has 11 amide bonds. The van der Waals surface area contributed by atoms with Crippen LogP contribution in [0, 0.1) is 0 Å². The number of thiol groups is 2. The first-order chi connectivity index (χ1) is 27.8. The number of carboxylic acids is 1. The monoisotopic (exact) mass is 874 g/mol. The van der Waals surface area contributed by atoms with E-state index in [4.69, 9.17) is 22.3 Å². The van der Waals surface area contributed by atoms with Gasteiger partial charge in [0.25, 0.3) is 0 Å². The minimum absolute atomic E-state index is 0.149. The summed E-state index contributed by atoms with van der Waals surface area (Å²) in [5, 5.41) is 25.3. The second-order valence-corrected chi connectivity index (χ2v) is 14.0. The predicted octanol–water partition coefficient (Wildman–Crippen LogP) is -8.09. The number of nitrogens with one attached hydrogen (secondary N) is 7. The third-order valence-corrected chi connectivity index (χ3v) is 9.60. The Kier molecular flexibility index (Phi) is 20.3. The van der Waals surface area contributed by atoms with E-state index in [0.717, 1.165) is 0 Å². The SMILES string of the molecule is NC(=O)C[C@H](NC(=O)CNC(=O)[C@@H]1CCCN1C(=O)CNC(=O)[C@H](CS)NC(=O)CNC(=O)[C@@H]1CCCN1C(=O)CNC(=O)[C@H](CS)NC(=O)[C@@H](N)CC(N)=O)C(=O)O. The molecule has 0 bridgehead atoms. The smallest absolute Gasteiger partial charge is 0.326 e. The van der Waals surface area contributed by atoms with Gasteiger partial charge in [0.1, 0.15) is 30.2 Å². The van der Waals surface area contributed by atoms with E-state index in [0.29, 0.717) is 12.8 Å². The molecule has 2 aliphatic rings. The van der Waals surface area contributed by atoms with Gasteiger partial charge >= 0.3 is 5.97 Å². The molecule has 0 aromatic carbocycles. The van der Waals surface area contributed by atoms with Crippen molar-refractivity contribution in [2.45, 2.75) is 74.8 Å². The summed E-state index contributed by atoms with van der Waals surface area (Å²) in [5.74, 6) is -10.5. The highest BCUT2D eigenvalue weighted by molar-refractivity contribution is 7.80. The van der Waals surface area contributed by atoms with Crippen LogP contribution in [0.4, 0.5) is 0 Å². The summed E-state index contributed by atoms with van der Waals surface area (Å²) in [5.41, 5.74) is 15.6. The highest BCUT2D eigenvalue weighted by atomic mass is 32.1. The van der Waals surface area contributed by atoms with Crippen LogP contribution in [0.2, 0.25) is 0 Å². The van der Waals surface area contributed by atoms with Crippen LogP contribution in [-0.2, 0) is 57.5 Å². The van der Waals surface area contributed by atoms with E-state index in [-0.39, 0.29) is 37.4 Å². The van der Waals surface area contributed by atoms with Gasteiger partial charge in [0.05, 0.1) is 45.1 Å². The van der Waals surface area contributed by atoms with E-state index in [1.807, 2.05) is 0 Å². The number of hydrogen-bond acceptors (Lipinski definition) is 15. The van der Waals surface area contributed by atoms with E-state index in [9.17, 15) is 57.5 Å². The van der Waals surface area contributed by atoms with Gasteiger partial charge in [-0.1, -0.05) is 0 Å². The Morgan fingerprint density at radius 1 is 0.576 bits per heavy atom. The molecule has 328 valence electrons. The van der Waals surface area contributed by atoms with Crippen LogP contribution in [0.15, 0.2) is 0 Å². The highest BCUT2D eigenvalue weighted by Gasteiger charge is 2.36. The average molecular weight is 875 g/mol. The lowest BCUT2D eigenvalue weighted by atomic mass is 10.2. The number of nitrogens with two attached hydrogens (primary N) is 3. The van der Waals surface area contributed by atoms with Crippen molar-refractivity contribution in [3.05, 3.63) is 0 Å². The first-order valence-corrected chi connectivity index (χ1v) is 19.4. The maximum atomic E-state index is 13.0. The molecule has 25 nitrogen and oxygen atoms in total. The molecular formula is C32H50N12O13S2. The molecule has 6 atom stereocenters. The van der Waals surface area contributed by atoms with Gasteiger partial charge in [-0.15, -0.1) is 0 Å². The Morgan fingerprint density at radius 2 is 0.983 bits per heavy atom. The molecule has 0 aromatic rings. The molecule has 2 heterocycles. The molecule has 2 rings (SSSR count). The summed E-state index contributed by atoms with van der Waals surface area (Å²) < 4.78 is 0. The lowest BCUT2D eigenvalue weighted by molar-refractivity contribution is -0.143. The minimum atomic E-state index is -1.60. The Labute approximate surface area is 347 Å². The van der Waals surface area contributed by atoms with Crippen molar-refractivity contribution in [2.75, 3.05) is 50.8 Å². The van der Waals surface area contributed by atoms with E-state index >= 15 is 0 Å². The van der Waals surface area contributed by atoms with Crippen LogP contribution in [0.25, 0.3) is 0 Å². The van der Waals surface area contributed by atoms with Crippen LogP contribution in [0.3, 0.4) is 0 Å². The topological polar surface area (TPSA) is 394 Å². The van der Waals surface area contributed by atoms with Gasteiger partial charge in [-0.2, -0.15) is 25.3 Å². The molecule has 0 unspecified atom stereocenters. The zero-order valence-corrected chi connectivity index (χ0v) is 33.5. The summed E-state index contributed by atoms with van der Waals surface area (Å²) in [4.78, 5) is 150. The third kappa shape index (κ3) is 16.2. The fourth-order valence-corrected chi connectivity index (χ4v) is 6.40. The molecular weight excluding hydrogens is 825 g/mol. The second kappa shape index (κ2) is 24.3. The second-order valence-electron chi connectivity index (χ2n) is 13.3. The maximum Gasteiger partial charge on any atom is 0.326 e. The number of carbonyl (C=O) groups is 12. The van der Waals surface area contributed by atoms with Gasteiger partial charge < -0.3 is 69.3 Å². The van der Waals surface area contributed by atoms with E-state index in [2.05, 4.69) is 62.5 Å². The number of hydrogen-bond donors (Lipinski definition) is 13. The first kappa shape index (κ1) is 49.4. The van der Waals surface area contributed by atoms with Gasteiger partial charge in [-0.3, -0.25) is 52.7 Å². The molecule has 0 aliphatic carbocycles. The van der Waals surface area contributed by atoms with Crippen LogP contribution in [0.1, 0.15) is 38.5 Å². The number of amides is 11. The van der Waals surface area contributed by atoms with Crippen molar-refractivity contribution < 1.29 is 62.6 Å². The fourth-order valence-electron chi connectivity index (χ4n) is 5.89. The highest BCUT2D eigenvalue weighted by Crippen LogP contribution is 2.18. The average Bonchev–Trinajstić information content (AvgIpc) is 3.88. The van der Waals surface area contributed by atoms with Gasteiger partial charge in [-0.25, -0.2) is 4.79 Å². The number of aliphatic carboxylic acids is 1. The number of primary amides is 2. The normalized spacial score (nSPS) is 17.9. The van der Waals surface area contributed by atoms with Crippen molar-refractivity contribution >= 4 is 96.2 Å². The van der Waals surface area contributed by atoms with Crippen molar-refractivity contribution in [1.29, 1.82) is 0 Å². The Balaban J connectivity index is 1.82. The Morgan fingerprint density at radius 3 is 1.37 bits per heavy atom. The van der Waals surface area contributed by atoms with Crippen LogP contribution < -0.4 is 54.4 Å². The summed E-state index contributed by atoms with van der Waals surface area (Å²) in [7, 11) is 0. The fraction of sp³-hybridized carbons (Fsp3) is 0.625. The van der Waals surface area contributed by atoms with E-state index < -0.39 is 146 Å². The number of carbonyl (C=O) groups excluding carboxylic acids is 11. The summed E-state index contributed by atoms with van der Waals surface area (Å²) in [6.45, 7) is -2.05. The third-order valence-electron chi connectivity index (χ3n) is 8.87. The molecule has 0 aromatic heterocycles. The minimum Gasteiger partial charge on any atom is -0.480 e. The first-order valence-electron chi connectivity index (χ1n) is 18.1. The Hall–Kier alpha value is -5.70. The van der Waals surface area contributed by atoms with Gasteiger partial charge in [-0.05, 0) is 25.7 Å². The van der Waals surface area contributed by atoms with Crippen LogP contribution in [0.5, 0.6) is 0 Å².